The van der Waals surface area contributed by atoms with E-state index in [0.717, 1.165) is 6.07 Å². The van der Waals surface area contributed by atoms with Crippen molar-refractivity contribution in [2.45, 2.75) is 12.8 Å². The topological polar surface area (TPSA) is 125 Å². The third-order valence-corrected chi connectivity index (χ3v) is 8.62. The lowest BCUT2D eigenvalue weighted by Gasteiger charge is -2.22. The Bertz CT molecular complexity index is 1930. The zero-order valence-corrected chi connectivity index (χ0v) is 24.2. The first-order chi connectivity index (χ1) is 19.4. The number of aryl methyl sites for hydroxylation is 1. The minimum atomic E-state index is -1.48. The molecule has 0 atom stereocenters. The summed E-state index contributed by atoms with van der Waals surface area (Å²) in [6, 6.07) is 12.5. The van der Waals surface area contributed by atoms with E-state index in [1.807, 2.05) is 0 Å². The highest BCUT2D eigenvalue weighted by molar-refractivity contribution is 6.54. The Morgan fingerprint density at radius 2 is 1.46 bits per heavy atom. The maximum atomic E-state index is 12.6. The van der Waals surface area contributed by atoms with Gasteiger partial charge in [0.25, 0.3) is 0 Å². The van der Waals surface area contributed by atoms with E-state index in [9.17, 15) is 29.7 Å². The zero-order valence-electron chi connectivity index (χ0n) is 20.4. The van der Waals surface area contributed by atoms with E-state index in [1.165, 1.54) is 12.1 Å². The molecule has 0 aromatic heterocycles. The molecule has 0 radical (unpaired) electrons. The van der Waals surface area contributed by atoms with Crippen molar-refractivity contribution in [3.05, 3.63) is 95.0 Å². The van der Waals surface area contributed by atoms with Crippen LogP contribution in [0.2, 0.25) is 25.1 Å². The summed E-state index contributed by atoms with van der Waals surface area (Å²) in [5.74, 6) is -2.85. The molecular weight excluding hydrogens is 638 g/mol. The van der Waals surface area contributed by atoms with Crippen molar-refractivity contribution >= 4 is 80.9 Å². The first-order valence-electron chi connectivity index (χ1n) is 11.7. The second kappa shape index (κ2) is 11.1. The van der Waals surface area contributed by atoms with Crippen molar-refractivity contribution in [3.8, 4) is 39.3 Å². The van der Waals surface area contributed by atoms with Crippen LogP contribution in [0.15, 0.2) is 57.7 Å². The predicted octanol–water partition coefficient (Wildman–Crippen LogP) is 8.92. The van der Waals surface area contributed by atoms with E-state index in [1.54, 1.807) is 30.3 Å². The van der Waals surface area contributed by atoms with Crippen molar-refractivity contribution in [2.75, 3.05) is 0 Å². The Morgan fingerprint density at radius 1 is 0.805 bits per heavy atom. The van der Waals surface area contributed by atoms with Crippen LogP contribution in [0.5, 0.6) is 5.75 Å². The second-order valence-electron chi connectivity index (χ2n) is 8.96. The standard InChI is InChI=1S/C29H15Cl5O7/c30-15-9-13-17(10-16(15)35)41-28-14(20(13)21-22(29(39)40)24(32)26(34)25(33)23(21)31)8-12(6-7-18(36)37)27(38)19(28)11-4-2-1-3-5-11/h1-5,8-10,38H,6-7H2,(H,36,37)(H,39,40). The predicted molar refractivity (Wildman–Crippen MR) is 160 cm³/mol. The molecule has 0 saturated heterocycles. The number of phenols is 1. The normalized spacial score (nSPS) is 11.3. The van der Waals surface area contributed by atoms with E-state index in [4.69, 9.17) is 62.4 Å². The molecule has 2 aliphatic rings. The van der Waals surface area contributed by atoms with Crippen molar-refractivity contribution < 1.29 is 29.3 Å². The average Bonchev–Trinajstić information content (AvgIpc) is 2.93. The highest BCUT2D eigenvalue weighted by Gasteiger charge is 2.32. The van der Waals surface area contributed by atoms with Gasteiger partial charge in [-0.2, -0.15) is 0 Å². The number of halogens is 5. The van der Waals surface area contributed by atoms with E-state index in [2.05, 4.69) is 0 Å². The second-order valence-corrected chi connectivity index (χ2v) is 10.9. The van der Waals surface area contributed by atoms with Gasteiger partial charge in [0.05, 0.1) is 36.2 Å². The number of carboxylic acids is 2. The molecule has 208 valence electrons. The van der Waals surface area contributed by atoms with Gasteiger partial charge in [-0.25, -0.2) is 4.79 Å². The number of rotatable bonds is 6. The minimum absolute atomic E-state index is 0.00799. The Balaban J connectivity index is 2.10. The molecule has 7 nitrogen and oxygen atoms in total. The number of carboxylic acid groups (broad SMARTS) is 2. The zero-order chi connectivity index (χ0) is 29.7. The van der Waals surface area contributed by atoms with E-state index in [-0.39, 0.29) is 88.3 Å². The van der Waals surface area contributed by atoms with Gasteiger partial charge in [-0.05, 0) is 29.7 Å². The fourth-order valence-corrected chi connectivity index (χ4v) is 5.91. The minimum Gasteiger partial charge on any atom is -0.507 e. The SMILES string of the molecule is O=C(O)CCc1cc2c(-c3c(Cl)c(Cl)c(Cl)c(Cl)c3C(=O)O)c3cc(Cl)c(=O)cc-3oc2c(-c2ccccc2)c1O. The van der Waals surface area contributed by atoms with E-state index in [0.29, 0.717) is 5.56 Å². The molecule has 5 rings (SSSR count). The molecule has 1 heterocycles. The number of hydrogen-bond donors (Lipinski definition) is 3. The summed E-state index contributed by atoms with van der Waals surface area (Å²) in [4.78, 5) is 36.6. The van der Waals surface area contributed by atoms with Gasteiger partial charge in [-0.3, -0.25) is 9.59 Å². The maximum Gasteiger partial charge on any atom is 0.337 e. The number of benzene rings is 4. The van der Waals surface area contributed by atoms with Crippen LogP contribution < -0.4 is 5.43 Å². The van der Waals surface area contributed by atoms with Gasteiger partial charge in [0.1, 0.15) is 17.1 Å². The van der Waals surface area contributed by atoms with Crippen LogP contribution in [0.3, 0.4) is 0 Å². The molecular formula is C29H15Cl5O7. The van der Waals surface area contributed by atoms with Crippen molar-refractivity contribution in [2.24, 2.45) is 0 Å². The number of aromatic hydroxyl groups is 1. The summed E-state index contributed by atoms with van der Waals surface area (Å²) in [6.07, 6.45) is -0.408. The Morgan fingerprint density at radius 3 is 2.10 bits per heavy atom. The summed E-state index contributed by atoms with van der Waals surface area (Å²) in [6.45, 7) is 0. The summed E-state index contributed by atoms with van der Waals surface area (Å²) in [5, 5.41) is 29.8. The van der Waals surface area contributed by atoms with Gasteiger partial charge < -0.3 is 19.7 Å². The number of carbonyl (C=O) groups is 2. The number of hydrogen-bond acceptors (Lipinski definition) is 5. The molecule has 0 saturated carbocycles. The Hall–Kier alpha value is -3.46. The third-order valence-electron chi connectivity index (χ3n) is 6.52. The lowest BCUT2D eigenvalue weighted by atomic mass is 9.87. The third kappa shape index (κ3) is 4.98. The number of aliphatic carboxylic acids is 1. The fourth-order valence-electron chi connectivity index (χ4n) is 4.71. The quantitative estimate of drug-likeness (QED) is 0.0950. The van der Waals surface area contributed by atoms with Crippen molar-refractivity contribution in [1.29, 1.82) is 0 Å². The van der Waals surface area contributed by atoms with Crippen molar-refractivity contribution in [1.82, 2.24) is 0 Å². The van der Waals surface area contributed by atoms with Crippen LogP contribution >= 0.6 is 58.0 Å². The van der Waals surface area contributed by atoms with Gasteiger partial charge in [-0.1, -0.05) is 88.3 Å². The molecule has 1 aliphatic heterocycles. The molecule has 0 amide bonds. The molecule has 41 heavy (non-hydrogen) atoms. The van der Waals surface area contributed by atoms with Crippen LogP contribution in [0.1, 0.15) is 22.3 Å². The number of aromatic carboxylic acids is 1. The summed E-state index contributed by atoms with van der Waals surface area (Å²) in [7, 11) is 0. The van der Waals surface area contributed by atoms with Crippen LogP contribution in [-0.4, -0.2) is 27.3 Å². The van der Waals surface area contributed by atoms with E-state index < -0.39 is 22.9 Å². The number of phenolic OH excluding ortho intramolecular Hbond substituents is 1. The fraction of sp³-hybridized carbons (Fsp3) is 0.0690. The molecule has 1 aliphatic carbocycles. The van der Waals surface area contributed by atoms with Gasteiger partial charge in [0.2, 0.25) is 5.43 Å². The average molecular weight is 653 g/mol. The van der Waals surface area contributed by atoms with Gasteiger partial charge in [0, 0.05) is 34.6 Å². The molecule has 3 N–H and O–H groups in total. The highest BCUT2D eigenvalue weighted by atomic mass is 35.5. The molecule has 3 aromatic carbocycles. The lowest BCUT2D eigenvalue weighted by molar-refractivity contribution is -0.136. The maximum absolute atomic E-state index is 12.6. The Labute approximate surface area is 256 Å². The molecule has 0 fully saturated rings. The van der Waals surface area contributed by atoms with Gasteiger partial charge in [-0.15, -0.1) is 0 Å². The van der Waals surface area contributed by atoms with E-state index >= 15 is 0 Å². The molecule has 0 bridgehead atoms. The van der Waals surface area contributed by atoms with Crippen LogP contribution in [0.4, 0.5) is 0 Å². The monoisotopic (exact) mass is 650 g/mol. The Kier molecular flexibility index (Phi) is 7.85. The van der Waals surface area contributed by atoms with Crippen LogP contribution in [-0.2, 0) is 11.2 Å². The number of fused-ring (bicyclic) bond motifs is 2. The molecule has 3 aromatic rings. The first-order valence-corrected chi connectivity index (χ1v) is 13.6. The van der Waals surface area contributed by atoms with Crippen LogP contribution in [0, 0.1) is 0 Å². The van der Waals surface area contributed by atoms with Crippen molar-refractivity contribution in [3.63, 3.8) is 0 Å². The molecule has 0 unspecified atom stereocenters. The smallest absolute Gasteiger partial charge is 0.337 e. The highest BCUT2D eigenvalue weighted by Crippen LogP contribution is 2.53. The summed E-state index contributed by atoms with van der Waals surface area (Å²) < 4.78 is 6.20. The summed E-state index contributed by atoms with van der Waals surface area (Å²) >= 11 is 31.9. The first kappa shape index (κ1) is 29.0. The van der Waals surface area contributed by atoms with Gasteiger partial charge >= 0.3 is 11.9 Å². The summed E-state index contributed by atoms with van der Waals surface area (Å²) in [5.41, 5.74) is 0.0222. The van der Waals surface area contributed by atoms with Crippen LogP contribution in [0.25, 0.3) is 44.5 Å². The largest absolute Gasteiger partial charge is 0.507 e. The molecule has 12 heteroatoms. The lowest BCUT2D eigenvalue weighted by Crippen LogP contribution is -2.07. The molecule has 0 spiro atoms. The van der Waals surface area contributed by atoms with Gasteiger partial charge in [0.15, 0.2) is 0 Å².